The zero-order chi connectivity index (χ0) is 17.1. The van der Waals surface area contributed by atoms with Gasteiger partial charge in [0.25, 0.3) is 0 Å². The number of para-hydroxylation sites is 1. The molecule has 5 nitrogen and oxygen atoms in total. The quantitative estimate of drug-likeness (QED) is 0.682. The first kappa shape index (κ1) is 18.1. The molecule has 0 bridgehead atoms. The second kappa shape index (κ2) is 7.09. The highest BCUT2D eigenvalue weighted by Crippen LogP contribution is 2.41. The summed E-state index contributed by atoms with van der Waals surface area (Å²) in [5, 5.41) is 0. The van der Waals surface area contributed by atoms with Crippen LogP contribution in [-0.4, -0.2) is 43.8 Å². The third kappa shape index (κ3) is 4.38. The molecular weight excluding hydrogens is 314 g/mol. The van der Waals surface area contributed by atoms with E-state index in [9.17, 15) is 8.42 Å². The van der Waals surface area contributed by atoms with Gasteiger partial charge in [-0.05, 0) is 26.3 Å². The predicted octanol–water partition coefficient (Wildman–Crippen LogP) is 2.84. The number of ether oxygens (including phenoxy) is 2. The van der Waals surface area contributed by atoms with Gasteiger partial charge < -0.3 is 9.47 Å². The van der Waals surface area contributed by atoms with Crippen LogP contribution >= 0.6 is 0 Å². The summed E-state index contributed by atoms with van der Waals surface area (Å²) < 4.78 is 37.5. The molecule has 1 aliphatic rings. The smallest absolute Gasteiger partial charge is 0.214 e. The molecular formula is C17H27NO4S. The van der Waals surface area contributed by atoms with Crippen LogP contribution in [0.3, 0.4) is 0 Å². The second-order valence-electron chi connectivity index (χ2n) is 6.39. The van der Waals surface area contributed by atoms with Gasteiger partial charge in [0.05, 0.1) is 12.4 Å². The van der Waals surface area contributed by atoms with Crippen LogP contribution in [0.25, 0.3) is 0 Å². The minimum absolute atomic E-state index is 0.107. The van der Waals surface area contributed by atoms with Gasteiger partial charge in [0.2, 0.25) is 10.0 Å². The van der Waals surface area contributed by atoms with E-state index in [1.54, 1.807) is 0 Å². The highest BCUT2D eigenvalue weighted by atomic mass is 32.2. The van der Waals surface area contributed by atoms with E-state index in [0.29, 0.717) is 31.9 Å². The summed E-state index contributed by atoms with van der Waals surface area (Å²) >= 11 is 0. The lowest BCUT2D eigenvalue weighted by Gasteiger charge is -2.19. The van der Waals surface area contributed by atoms with Crippen LogP contribution in [0.2, 0.25) is 0 Å². The van der Waals surface area contributed by atoms with Crippen molar-refractivity contribution in [3.8, 4) is 11.5 Å². The normalized spacial score (nSPS) is 16.2. The Hall–Kier alpha value is -1.27. The van der Waals surface area contributed by atoms with Crippen molar-refractivity contribution in [2.45, 2.75) is 46.1 Å². The largest absolute Gasteiger partial charge is 0.490 e. The Kier molecular flexibility index (Phi) is 5.57. The number of nitrogens with zero attached hydrogens (tertiary/aromatic N) is 1. The fraction of sp³-hybridized carbons (Fsp3) is 0.647. The molecule has 6 heteroatoms. The third-order valence-corrected chi connectivity index (χ3v) is 6.07. The highest BCUT2D eigenvalue weighted by Gasteiger charge is 2.32. The first-order valence-corrected chi connectivity index (χ1v) is 9.81. The van der Waals surface area contributed by atoms with Crippen molar-refractivity contribution in [1.82, 2.24) is 4.31 Å². The molecule has 0 N–H and O–H groups in total. The highest BCUT2D eigenvalue weighted by molar-refractivity contribution is 7.89. The zero-order valence-electron chi connectivity index (χ0n) is 14.5. The monoisotopic (exact) mass is 341 g/mol. The molecule has 0 amide bonds. The molecule has 0 atom stereocenters. The van der Waals surface area contributed by atoms with E-state index in [1.807, 2.05) is 45.9 Å². The Balaban J connectivity index is 1.91. The van der Waals surface area contributed by atoms with Gasteiger partial charge in [-0.25, -0.2) is 12.7 Å². The molecule has 0 spiro atoms. The number of sulfonamides is 1. The Morgan fingerprint density at radius 3 is 2.61 bits per heavy atom. The molecule has 1 aliphatic heterocycles. The van der Waals surface area contributed by atoms with Crippen LogP contribution in [0.1, 0.15) is 39.7 Å². The average molecular weight is 341 g/mol. The Morgan fingerprint density at radius 2 is 1.96 bits per heavy atom. The van der Waals surface area contributed by atoms with Crippen LogP contribution in [0.15, 0.2) is 18.2 Å². The Labute approximate surface area is 139 Å². The van der Waals surface area contributed by atoms with Gasteiger partial charge in [-0.3, -0.25) is 0 Å². The van der Waals surface area contributed by atoms with Crippen molar-refractivity contribution < 1.29 is 17.9 Å². The van der Waals surface area contributed by atoms with E-state index < -0.39 is 10.0 Å². The summed E-state index contributed by atoms with van der Waals surface area (Å²) in [6.07, 6.45) is 1.32. The molecule has 0 unspecified atom stereocenters. The fourth-order valence-electron chi connectivity index (χ4n) is 2.87. The maximum Gasteiger partial charge on any atom is 0.214 e. The molecule has 1 aromatic rings. The first-order valence-electron chi connectivity index (χ1n) is 8.20. The molecule has 1 aromatic carbocycles. The van der Waals surface area contributed by atoms with Crippen LogP contribution in [0.4, 0.5) is 0 Å². The van der Waals surface area contributed by atoms with E-state index in [4.69, 9.17) is 9.47 Å². The molecule has 1 heterocycles. The van der Waals surface area contributed by atoms with Gasteiger partial charge in [0, 0.05) is 25.1 Å². The summed E-state index contributed by atoms with van der Waals surface area (Å²) in [6.45, 7) is 9.18. The number of hydrogen-bond donors (Lipinski definition) is 0. The number of benzene rings is 1. The average Bonchev–Trinajstić information content (AvgIpc) is 2.79. The summed E-state index contributed by atoms with van der Waals surface area (Å²) in [6, 6.07) is 5.87. The predicted molar refractivity (Wildman–Crippen MR) is 91.7 cm³/mol. The molecule has 0 fully saturated rings. The minimum atomic E-state index is -3.18. The fourth-order valence-corrected chi connectivity index (χ4v) is 4.40. The molecule has 0 radical (unpaired) electrons. The van der Waals surface area contributed by atoms with E-state index in [1.165, 1.54) is 4.31 Å². The van der Waals surface area contributed by atoms with Gasteiger partial charge in [-0.15, -0.1) is 0 Å². The van der Waals surface area contributed by atoms with Crippen LogP contribution in [-0.2, 0) is 16.4 Å². The Bertz CT molecular complexity index is 636. The molecule has 0 saturated carbocycles. The zero-order valence-corrected chi connectivity index (χ0v) is 15.3. The van der Waals surface area contributed by atoms with Crippen molar-refractivity contribution in [3.63, 3.8) is 0 Å². The molecule has 23 heavy (non-hydrogen) atoms. The topological polar surface area (TPSA) is 55.8 Å². The maximum absolute atomic E-state index is 12.1. The van der Waals surface area contributed by atoms with E-state index in [0.717, 1.165) is 17.7 Å². The SMILES string of the molecule is CCN(CC)S(=O)(=O)CCCOc1cccc2c1OC(C)(C)C2. The van der Waals surface area contributed by atoms with E-state index in [-0.39, 0.29) is 11.4 Å². The van der Waals surface area contributed by atoms with Gasteiger partial charge in [-0.1, -0.05) is 26.0 Å². The van der Waals surface area contributed by atoms with Crippen molar-refractivity contribution >= 4 is 10.0 Å². The van der Waals surface area contributed by atoms with Crippen molar-refractivity contribution in [1.29, 1.82) is 0 Å². The van der Waals surface area contributed by atoms with Crippen molar-refractivity contribution in [2.24, 2.45) is 0 Å². The van der Waals surface area contributed by atoms with Gasteiger partial charge in [0.15, 0.2) is 11.5 Å². The first-order chi connectivity index (χ1) is 10.8. The summed E-state index contributed by atoms with van der Waals surface area (Å²) in [4.78, 5) is 0. The number of rotatable bonds is 8. The lowest BCUT2D eigenvalue weighted by atomic mass is 10.0. The molecule has 130 valence electrons. The number of hydrogen-bond acceptors (Lipinski definition) is 4. The van der Waals surface area contributed by atoms with E-state index in [2.05, 4.69) is 0 Å². The standard InChI is InChI=1S/C17H27NO4S/c1-5-18(6-2)23(19,20)12-8-11-21-15-10-7-9-14-13-17(3,4)22-16(14)15/h7,9-10H,5-6,8,11-13H2,1-4H3. The van der Waals surface area contributed by atoms with Crippen LogP contribution < -0.4 is 9.47 Å². The molecule has 0 aromatic heterocycles. The molecule has 0 saturated heterocycles. The maximum atomic E-state index is 12.1. The minimum Gasteiger partial charge on any atom is -0.490 e. The van der Waals surface area contributed by atoms with Gasteiger partial charge in [0.1, 0.15) is 5.60 Å². The summed E-state index contributed by atoms with van der Waals surface area (Å²) in [7, 11) is -3.18. The van der Waals surface area contributed by atoms with Crippen molar-refractivity contribution in [3.05, 3.63) is 23.8 Å². The van der Waals surface area contributed by atoms with Gasteiger partial charge in [-0.2, -0.15) is 0 Å². The summed E-state index contributed by atoms with van der Waals surface area (Å²) in [5.41, 5.74) is 0.928. The van der Waals surface area contributed by atoms with Crippen LogP contribution in [0.5, 0.6) is 11.5 Å². The molecule has 2 rings (SSSR count). The van der Waals surface area contributed by atoms with E-state index >= 15 is 0 Å². The lowest BCUT2D eigenvalue weighted by molar-refractivity contribution is 0.132. The summed E-state index contributed by atoms with van der Waals surface area (Å²) in [5.74, 6) is 1.60. The second-order valence-corrected chi connectivity index (χ2v) is 8.47. The lowest BCUT2D eigenvalue weighted by Crippen LogP contribution is -2.33. The Morgan fingerprint density at radius 1 is 1.26 bits per heavy atom. The third-order valence-electron chi connectivity index (χ3n) is 3.96. The molecule has 0 aliphatic carbocycles. The van der Waals surface area contributed by atoms with Gasteiger partial charge >= 0.3 is 0 Å². The number of fused-ring (bicyclic) bond motifs is 1. The van der Waals surface area contributed by atoms with Crippen LogP contribution in [0, 0.1) is 0 Å². The van der Waals surface area contributed by atoms with Crippen molar-refractivity contribution in [2.75, 3.05) is 25.4 Å².